The number of hydrogen-bond donors (Lipinski definition) is 2. The van der Waals surface area contributed by atoms with Crippen molar-refractivity contribution >= 4 is 34.9 Å². The molecule has 3 rings (SSSR count). The van der Waals surface area contributed by atoms with E-state index in [1.165, 1.54) is 10.9 Å². The van der Waals surface area contributed by atoms with Crippen molar-refractivity contribution < 1.29 is 9.50 Å². The molecule has 0 saturated heterocycles. The van der Waals surface area contributed by atoms with Crippen LogP contribution in [0.1, 0.15) is 0 Å². The van der Waals surface area contributed by atoms with Gasteiger partial charge in [0.25, 0.3) is 0 Å². The zero-order valence-corrected chi connectivity index (χ0v) is 9.84. The van der Waals surface area contributed by atoms with Crippen molar-refractivity contribution in [1.82, 2.24) is 19.5 Å². The first-order chi connectivity index (χ1) is 8.61. The molecule has 8 heteroatoms. The molecule has 6 nitrogen and oxygen atoms in total. The molecule has 1 aliphatic rings. The molecule has 2 heterocycles. The van der Waals surface area contributed by atoms with E-state index in [0.29, 0.717) is 16.7 Å². The number of anilines is 1. The number of aliphatic hydroxyl groups excluding tert-OH is 1. The third-order valence-electron chi connectivity index (χ3n) is 2.87. The van der Waals surface area contributed by atoms with Crippen LogP contribution >= 0.6 is 11.6 Å². The zero-order chi connectivity index (χ0) is 12.9. The number of nitrogens with zero attached hydrogens (tertiary/aromatic N) is 4. The van der Waals surface area contributed by atoms with Crippen LogP contribution in [0.4, 0.5) is 10.3 Å². The Morgan fingerprint density at radius 2 is 2.33 bits per heavy atom. The van der Waals surface area contributed by atoms with E-state index >= 15 is 0 Å². The smallest absolute Gasteiger partial charge is 0.223 e. The number of halogens is 2. The van der Waals surface area contributed by atoms with Gasteiger partial charge in [-0.2, -0.15) is 9.97 Å². The molecular formula is C10H9ClFN5O. The second-order valence-corrected chi connectivity index (χ2v) is 4.37. The summed E-state index contributed by atoms with van der Waals surface area (Å²) in [6.45, 7) is -0.211. The van der Waals surface area contributed by atoms with Gasteiger partial charge in [-0.25, -0.2) is 9.37 Å². The highest BCUT2D eigenvalue weighted by molar-refractivity contribution is 6.33. The van der Waals surface area contributed by atoms with E-state index < -0.39 is 12.1 Å². The summed E-state index contributed by atoms with van der Waals surface area (Å²) >= 11 is 5.87. The van der Waals surface area contributed by atoms with E-state index in [-0.39, 0.29) is 17.7 Å². The van der Waals surface area contributed by atoms with Gasteiger partial charge in [0.1, 0.15) is 18.0 Å². The maximum Gasteiger partial charge on any atom is 0.223 e. The zero-order valence-electron chi connectivity index (χ0n) is 9.09. The fourth-order valence-electron chi connectivity index (χ4n) is 1.82. The highest BCUT2D eigenvalue weighted by atomic mass is 35.5. The Labute approximate surface area is 106 Å². The molecule has 94 valence electrons. The van der Waals surface area contributed by atoms with Crippen LogP contribution < -0.4 is 5.73 Å². The van der Waals surface area contributed by atoms with E-state index in [0.717, 1.165) is 0 Å². The predicted molar refractivity (Wildman–Crippen MR) is 64.5 cm³/mol. The van der Waals surface area contributed by atoms with E-state index in [4.69, 9.17) is 22.4 Å². The molecule has 1 fully saturated rings. The van der Waals surface area contributed by atoms with Crippen LogP contribution in [0.2, 0.25) is 5.15 Å². The Balaban J connectivity index is 2.09. The quantitative estimate of drug-likeness (QED) is 0.790. The molecule has 0 aromatic carbocycles. The Bertz CT molecular complexity index is 655. The lowest BCUT2D eigenvalue weighted by Crippen LogP contribution is -1.97. The molecular weight excluding hydrogens is 261 g/mol. The summed E-state index contributed by atoms with van der Waals surface area (Å²) in [5.41, 5.74) is 6.82. The second kappa shape index (κ2) is 3.89. The number of aromatic nitrogens is 4. The van der Waals surface area contributed by atoms with Gasteiger partial charge in [0, 0.05) is 12.1 Å². The maximum absolute atomic E-state index is 13.2. The Morgan fingerprint density at radius 1 is 1.56 bits per heavy atom. The van der Waals surface area contributed by atoms with Gasteiger partial charge >= 0.3 is 0 Å². The number of alkyl halides is 1. The van der Waals surface area contributed by atoms with Gasteiger partial charge in [-0.05, 0) is 5.57 Å². The largest absolute Gasteiger partial charge is 0.396 e. The average molecular weight is 270 g/mol. The van der Waals surface area contributed by atoms with Crippen molar-refractivity contribution in [2.24, 2.45) is 5.92 Å². The third-order valence-corrected chi connectivity index (χ3v) is 3.14. The van der Waals surface area contributed by atoms with Gasteiger partial charge in [-0.1, -0.05) is 11.6 Å². The minimum atomic E-state index is -1.11. The lowest BCUT2D eigenvalue weighted by molar-refractivity contribution is 0.259. The monoisotopic (exact) mass is 269 g/mol. The van der Waals surface area contributed by atoms with Crippen LogP contribution in [0.25, 0.3) is 17.4 Å². The minimum absolute atomic E-state index is 0.0268. The SMILES string of the molecule is Nc1nc(Cl)c2ncn(/C=C3/[C@@H](CO)[C@H]3F)c2n1. The second-order valence-electron chi connectivity index (χ2n) is 4.02. The molecule has 18 heavy (non-hydrogen) atoms. The molecule has 1 saturated carbocycles. The van der Waals surface area contributed by atoms with E-state index in [2.05, 4.69) is 15.0 Å². The molecule has 0 aliphatic heterocycles. The number of rotatable bonds is 2. The summed E-state index contributed by atoms with van der Waals surface area (Å²) in [6, 6.07) is 0. The van der Waals surface area contributed by atoms with Crippen molar-refractivity contribution in [1.29, 1.82) is 0 Å². The van der Waals surface area contributed by atoms with Crippen LogP contribution in [-0.2, 0) is 0 Å². The van der Waals surface area contributed by atoms with Crippen molar-refractivity contribution in [3.63, 3.8) is 0 Å². The Morgan fingerprint density at radius 3 is 3.00 bits per heavy atom. The van der Waals surface area contributed by atoms with Crippen molar-refractivity contribution in [3.8, 4) is 0 Å². The predicted octanol–water partition coefficient (Wildman–Crippen LogP) is 0.863. The molecule has 0 bridgehead atoms. The number of fused-ring (bicyclic) bond motifs is 1. The molecule has 2 atom stereocenters. The van der Waals surface area contributed by atoms with Gasteiger partial charge in [0.05, 0.1) is 6.61 Å². The van der Waals surface area contributed by atoms with E-state index in [1.807, 2.05) is 0 Å². The molecule has 3 N–H and O–H groups in total. The summed E-state index contributed by atoms with van der Waals surface area (Å²) in [5, 5.41) is 9.06. The van der Waals surface area contributed by atoms with Crippen LogP contribution in [-0.4, -0.2) is 37.4 Å². The molecule has 0 amide bonds. The number of nitrogen functional groups attached to an aromatic ring is 1. The third kappa shape index (κ3) is 1.63. The molecule has 1 aliphatic carbocycles. The average Bonchev–Trinajstić information content (AvgIpc) is 2.75. The first-order valence-electron chi connectivity index (χ1n) is 5.24. The van der Waals surface area contributed by atoms with Gasteiger partial charge in [-0.3, -0.25) is 4.57 Å². The van der Waals surface area contributed by atoms with Crippen molar-refractivity contribution in [2.75, 3.05) is 12.3 Å². The number of imidazole rings is 1. The number of hydrogen-bond acceptors (Lipinski definition) is 5. The Kier molecular flexibility index (Phi) is 2.46. The van der Waals surface area contributed by atoms with Gasteiger partial charge in [0.15, 0.2) is 10.8 Å². The van der Waals surface area contributed by atoms with Crippen molar-refractivity contribution in [3.05, 3.63) is 17.1 Å². The van der Waals surface area contributed by atoms with Gasteiger partial charge < -0.3 is 10.8 Å². The highest BCUT2D eigenvalue weighted by Gasteiger charge is 2.44. The molecule has 0 unspecified atom stereocenters. The lowest BCUT2D eigenvalue weighted by Gasteiger charge is -1.97. The normalized spacial score (nSPS) is 24.9. The lowest BCUT2D eigenvalue weighted by atomic mass is 10.4. The fraction of sp³-hybridized carbons (Fsp3) is 0.300. The highest BCUT2D eigenvalue weighted by Crippen LogP contribution is 2.41. The van der Waals surface area contributed by atoms with Crippen molar-refractivity contribution in [2.45, 2.75) is 6.17 Å². The van der Waals surface area contributed by atoms with Gasteiger partial charge in [0.2, 0.25) is 5.95 Å². The van der Waals surface area contributed by atoms with Crippen LogP contribution in [0, 0.1) is 5.92 Å². The van der Waals surface area contributed by atoms with Crippen LogP contribution in [0.5, 0.6) is 0 Å². The summed E-state index contributed by atoms with van der Waals surface area (Å²) in [4.78, 5) is 11.8. The fourth-order valence-corrected chi connectivity index (χ4v) is 2.04. The summed E-state index contributed by atoms with van der Waals surface area (Å²) in [6.07, 6.45) is 1.89. The van der Waals surface area contributed by atoms with Crippen LogP contribution in [0.15, 0.2) is 11.9 Å². The summed E-state index contributed by atoms with van der Waals surface area (Å²) < 4.78 is 14.8. The molecule has 0 spiro atoms. The van der Waals surface area contributed by atoms with E-state index in [1.54, 1.807) is 6.20 Å². The molecule has 2 aromatic rings. The number of nitrogens with two attached hydrogens (primary N) is 1. The summed E-state index contributed by atoms with van der Waals surface area (Å²) in [7, 11) is 0. The Hall–Kier alpha value is -1.73. The maximum atomic E-state index is 13.2. The molecule has 2 aromatic heterocycles. The van der Waals surface area contributed by atoms with Crippen LogP contribution in [0.3, 0.4) is 0 Å². The van der Waals surface area contributed by atoms with Gasteiger partial charge in [-0.15, -0.1) is 0 Å². The minimum Gasteiger partial charge on any atom is -0.396 e. The molecule has 0 radical (unpaired) electrons. The topological polar surface area (TPSA) is 89.8 Å². The number of aliphatic hydroxyl groups is 1. The first kappa shape index (κ1) is 11.4. The van der Waals surface area contributed by atoms with E-state index in [9.17, 15) is 4.39 Å². The summed E-state index contributed by atoms with van der Waals surface area (Å²) in [5.74, 6) is -0.406. The first-order valence-corrected chi connectivity index (χ1v) is 5.61. The standard InChI is InChI=1S/C10H9ClFN5O/c11-8-7-9(16-10(13)15-8)17(3-14-7)1-4-5(2-18)6(4)12/h1,3,5-6,18H,2H2,(H2,13,15,16)/b4-1-/t5-,6+/m1/s1.